The minimum absolute atomic E-state index is 0.0273. The Morgan fingerprint density at radius 2 is 2.19 bits per heavy atom. The number of hydrogen-bond donors (Lipinski definition) is 1. The molecular weight excluding hydrogens is 276 g/mol. The molecule has 0 amide bonds. The first kappa shape index (κ1) is 17.1. The van der Waals surface area contributed by atoms with Crippen LogP contribution in [-0.4, -0.2) is 40.8 Å². The van der Waals surface area contributed by atoms with Crippen molar-refractivity contribution in [3.05, 3.63) is 16.3 Å². The summed E-state index contributed by atoms with van der Waals surface area (Å²) in [5, 5.41) is 13.9. The van der Waals surface area contributed by atoms with Crippen LogP contribution < -0.4 is 10.1 Å². The number of nitrogens with zero attached hydrogens (tertiary/aromatic N) is 3. The Morgan fingerprint density at radius 3 is 2.76 bits per heavy atom. The van der Waals surface area contributed by atoms with Crippen LogP contribution in [0.25, 0.3) is 0 Å². The quantitative estimate of drug-likeness (QED) is 0.552. The van der Waals surface area contributed by atoms with E-state index in [2.05, 4.69) is 15.3 Å². The monoisotopic (exact) mass is 298 g/mol. The first-order chi connectivity index (χ1) is 9.89. The smallest absolute Gasteiger partial charge is 0.349 e. The Morgan fingerprint density at radius 1 is 1.48 bits per heavy atom. The molecule has 0 bridgehead atoms. The van der Waals surface area contributed by atoms with Gasteiger partial charge in [0.05, 0.1) is 17.1 Å². The molecule has 0 saturated carbocycles. The third kappa shape index (κ3) is 5.50. The van der Waals surface area contributed by atoms with Crippen molar-refractivity contribution in [1.82, 2.24) is 9.97 Å². The Labute approximate surface area is 124 Å². The highest BCUT2D eigenvalue weighted by atomic mass is 16.6. The fraction of sp³-hybridized carbons (Fsp3) is 0.692. The lowest BCUT2D eigenvalue weighted by Gasteiger charge is -2.22. The lowest BCUT2D eigenvalue weighted by Crippen LogP contribution is -2.25. The molecule has 0 spiro atoms. The molecule has 0 unspecified atom stereocenters. The van der Waals surface area contributed by atoms with Gasteiger partial charge in [-0.3, -0.25) is 10.1 Å². The highest BCUT2D eigenvalue weighted by Crippen LogP contribution is 2.25. The molecule has 21 heavy (non-hydrogen) atoms. The number of methoxy groups -OCH3 is 1. The predicted molar refractivity (Wildman–Crippen MR) is 78.7 cm³/mol. The number of hydrogen-bond acceptors (Lipinski definition) is 7. The number of anilines is 1. The van der Waals surface area contributed by atoms with Gasteiger partial charge in [0.25, 0.3) is 5.88 Å². The van der Waals surface area contributed by atoms with E-state index in [0.717, 1.165) is 12.6 Å². The minimum atomic E-state index is -0.555. The molecule has 0 fully saturated rings. The summed E-state index contributed by atoms with van der Waals surface area (Å²) in [7, 11) is 1.61. The molecule has 0 aliphatic rings. The van der Waals surface area contributed by atoms with Crippen LogP contribution in [0.2, 0.25) is 0 Å². The highest BCUT2D eigenvalue weighted by molar-refractivity contribution is 5.43. The summed E-state index contributed by atoms with van der Waals surface area (Å²) < 4.78 is 10.7. The van der Waals surface area contributed by atoms with Crippen molar-refractivity contribution >= 4 is 11.6 Å². The number of ether oxygens (including phenoxy) is 2. The number of nitrogens with one attached hydrogen (secondary N) is 1. The molecule has 118 valence electrons. The van der Waals surface area contributed by atoms with Gasteiger partial charge < -0.3 is 14.8 Å². The second-order valence-corrected chi connectivity index (χ2v) is 5.13. The average Bonchev–Trinajstić information content (AvgIpc) is 2.44. The van der Waals surface area contributed by atoms with Crippen LogP contribution in [0.15, 0.2) is 6.20 Å². The Bertz CT molecular complexity index is 479. The molecule has 1 heterocycles. The minimum Gasteiger partial charge on any atom is -0.473 e. The summed E-state index contributed by atoms with van der Waals surface area (Å²) in [5.41, 5.74) is -0.599. The van der Waals surface area contributed by atoms with E-state index in [-0.39, 0.29) is 23.8 Å². The van der Waals surface area contributed by atoms with E-state index in [4.69, 9.17) is 9.47 Å². The van der Waals surface area contributed by atoms with Crippen LogP contribution in [0, 0.1) is 10.1 Å². The highest BCUT2D eigenvalue weighted by Gasteiger charge is 2.21. The maximum atomic E-state index is 11.0. The van der Waals surface area contributed by atoms with Gasteiger partial charge >= 0.3 is 5.69 Å². The van der Waals surface area contributed by atoms with Gasteiger partial charge in [0.2, 0.25) is 5.95 Å². The summed E-state index contributed by atoms with van der Waals surface area (Å²) in [6.45, 7) is 6.79. The normalized spacial score (nSPS) is 11.2. The van der Waals surface area contributed by atoms with Crippen molar-refractivity contribution in [1.29, 1.82) is 0 Å². The first-order valence-electron chi connectivity index (χ1n) is 6.83. The molecule has 0 aliphatic heterocycles. The fourth-order valence-electron chi connectivity index (χ4n) is 1.41. The van der Waals surface area contributed by atoms with Gasteiger partial charge in [-0.1, -0.05) is 6.92 Å². The molecule has 8 nitrogen and oxygen atoms in total. The Hall–Kier alpha value is -1.96. The van der Waals surface area contributed by atoms with E-state index in [0.29, 0.717) is 18.9 Å². The summed E-state index contributed by atoms with van der Waals surface area (Å²) in [6, 6.07) is 0. The molecule has 1 aromatic rings. The zero-order valence-electron chi connectivity index (χ0n) is 12.9. The van der Waals surface area contributed by atoms with E-state index in [1.165, 1.54) is 0 Å². The average molecular weight is 298 g/mol. The van der Waals surface area contributed by atoms with Gasteiger partial charge in [0, 0.05) is 20.1 Å². The Kier molecular flexibility index (Phi) is 6.29. The van der Waals surface area contributed by atoms with Gasteiger partial charge in [-0.25, -0.2) is 4.98 Å². The van der Waals surface area contributed by atoms with Crippen LogP contribution >= 0.6 is 0 Å². The van der Waals surface area contributed by atoms with E-state index < -0.39 is 4.92 Å². The maximum absolute atomic E-state index is 11.0. The van der Waals surface area contributed by atoms with Crippen LogP contribution in [0.1, 0.15) is 33.6 Å². The Balaban J connectivity index is 2.78. The predicted octanol–water partition coefficient (Wildman–Crippen LogP) is 2.40. The lowest BCUT2D eigenvalue weighted by molar-refractivity contribution is -0.386. The van der Waals surface area contributed by atoms with Crippen molar-refractivity contribution in [2.75, 3.05) is 25.6 Å². The van der Waals surface area contributed by atoms with Gasteiger partial charge in [0.1, 0.15) is 6.20 Å². The lowest BCUT2D eigenvalue weighted by atomic mass is 10.1. The maximum Gasteiger partial charge on any atom is 0.349 e. The summed E-state index contributed by atoms with van der Waals surface area (Å²) >= 11 is 0. The topological polar surface area (TPSA) is 99.4 Å². The van der Waals surface area contributed by atoms with Gasteiger partial charge in [0.15, 0.2) is 0 Å². The van der Waals surface area contributed by atoms with Gasteiger partial charge in [-0.2, -0.15) is 4.98 Å². The van der Waals surface area contributed by atoms with Gasteiger partial charge in [-0.05, 0) is 20.3 Å². The molecule has 0 aromatic carbocycles. The second-order valence-electron chi connectivity index (χ2n) is 5.13. The van der Waals surface area contributed by atoms with Crippen molar-refractivity contribution in [2.45, 2.75) is 39.2 Å². The molecular formula is C13H22N4O4. The van der Waals surface area contributed by atoms with Crippen molar-refractivity contribution < 1.29 is 14.4 Å². The molecule has 0 aliphatic carbocycles. The van der Waals surface area contributed by atoms with Crippen LogP contribution in [0.4, 0.5) is 11.6 Å². The van der Waals surface area contributed by atoms with Crippen molar-refractivity contribution in [3.8, 4) is 5.88 Å². The molecule has 1 aromatic heterocycles. The second kappa shape index (κ2) is 7.72. The van der Waals surface area contributed by atoms with E-state index in [9.17, 15) is 10.1 Å². The van der Waals surface area contributed by atoms with Crippen LogP contribution in [0.5, 0.6) is 5.88 Å². The summed E-state index contributed by atoms with van der Waals surface area (Å²) in [4.78, 5) is 18.4. The third-order valence-electron chi connectivity index (χ3n) is 2.96. The first-order valence-corrected chi connectivity index (χ1v) is 6.83. The molecule has 0 radical (unpaired) electrons. The van der Waals surface area contributed by atoms with E-state index >= 15 is 0 Å². The van der Waals surface area contributed by atoms with E-state index in [1.807, 2.05) is 20.8 Å². The third-order valence-corrected chi connectivity index (χ3v) is 2.96. The zero-order valence-corrected chi connectivity index (χ0v) is 12.9. The number of rotatable bonds is 9. The zero-order chi connectivity index (χ0) is 15.9. The molecule has 1 N–H and O–H groups in total. The fourth-order valence-corrected chi connectivity index (χ4v) is 1.41. The largest absolute Gasteiger partial charge is 0.473 e. The molecule has 0 atom stereocenters. The van der Waals surface area contributed by atoms with Gasteiger partial charge in [-0.15, -0.1) is 0 Å². The van der Waals surface area contributed by atoms with Crippen LogP contribution in [-0.2, 0) is 4.74 Å². The van der Waals surface area contributed by atoms with Crippen LogP contribution in [0.3, 0.4) is 0 Å². The molecule has 1 rings (SSSR count). The number of nitro groups is 1. The standard InChI is InChI=1S/C13H22N4O4/c1-5-7-14-12-15-9-10(17(18)19)11(16-12)21-8-6-13(2,3)20-4/h9H,5-8H2,1-4H3,(H,14,15,16). The van der Waals surface area contributed by atoms with Crippen molar-refractivity contribution in [3.63, 3.8) is 0 Å². The van der Waals surface area contributed by atoms with Crippen molar-refractivity contribution in [2.24, 2.45) is 0 Å². The SMILES string of the molecule is CCCNc1ncc([N+](=O)[O-])c(OCCC(C)(C)OC)n1. The summed E-state index contributed by atoms with van der Waals surface area (Å²) in [6.07, 6.45) is 2.64. The summed E-state index contributed by atoms with van der Waals surface area (Å²) in [5.74, 6) is 0.295. The number of aromatic nitrogens is 2. The molecule has 0 saturated heterocycles. The van der Waals surface area contributed by atoms with E-state index in [1.54, 1.807) is 7.11 Å². The molecule has 8 heteroatoms.